The Morgan fingerprint density at radius 2 is 2.38 bits per heavy atom. The third-order valence-corrected chi connectivity index (χ3v) is 2.57. The van der Waals surface area contributed by atoms with Crippen molar-refractivity contribution < 1.29 is 9.47 Å². The average Bonchev–Trinajstić information content (AvgIpc) is 2.31. The number of halogens is 1. The van der Waals surface area contributed by atoms with Gasteiger partial charge in [0.2, 0.25) is 0 Å². The summed E-state index contributed by atoms with van der Waals surface area (Å²) in [6.07, 6.45) is 2.16. The van der Waals surface area contributed by atoms with Gasteiger partial charge in [-0.15, -0.1) is 12.4 Å². The van der Waals surface area contributed by atoms with Gasteiger partial charge >= 0.3 is 0 Å². The molecule has 90 valence electrons. The van der Waals surface area contributed by atoms with Crippen molar-refractivity contribution in [3.8, 4) is 5.75 Å². The Kier molecular flexibility index (Phi) is 5.60. The van der Waals surface area contributed by atoms with Crippen LogP contribution < -0.4 is 10.1 Å². The summed E-state index contributed by atoms with van der Waals surface area (Å²) in [4.78, 5) is 0. The van der Waals surface area contributed by atoms with Crippen molar-refractivity contribution in [2.24, 2.45) is 0 Å². The quantitative estimate of drug-likeness (QED) is 0.881. The van der Waals surface area contributed by atoms with Gasteiger partial charge in [-0.05, 0) is 30.7 Å². The molecule has 1 fully saturated rings. The maximum Gasteiger partial charge on any atom is 0.119 e. The van der Waals surface area contributed by atoms with Crippen molar-refractivity contribution >= 4 is 12.4 Å². The zero-order valence-electron chi connectivity index (χ0n) is 9.44. The van der Waals surface area contributed by atoms with E-state index in [2.05, 4.69) is 17.4 Å². The molecule has 0 amide bonds. The standard InChI is InChI=1S/C12H17NO2.ClH/c1-14-11-5-2-4-10(8-11)9-12-13-6-3-7-15-12;/h2,4-5,8,12-13H,3,6-7,9H2,1H3;1H. The first-order valence-corrected chi connectivity index (χ1v) is 5.36. The SMILES string of the molecule is COc1cccc(CC2NCCCO2)c1.Cl. The first kappa shape index (κ1) is 13.3. The van der Waals surface area contributed by atoms with Crippen LogP contribution in [0.15, 0.2) is 24.3 Å². The largest absolute Gasteiger partial charge is 0.497 e. The molecule has 0 spiro atoms. The summed E-state index contributed by atoms with van der Waals surface area (Å²) in [7, 11) is 1.69. The number of rotatable bonds is 3. The van der Waals surface area contributed by atoms with E-state index < -0.39 is 0 Å². The van der Waals surface area contributed by atoms with Gasteiger partial charge in [0.25, 0.3) is 0 Å². The topological polar surface area (TPSA) is 30.5 Å². The molecular weight excluding hydrogens is 226 g/mol. The van der Waals surface area contributed by atoms with E-state index in [-0.39, 0.29) is 18.6 Å². The third kappa shape index (κ3) is 3.67. The monoisotopic (exact) mass is 243 g/mol. The minimum Gasteiger partial charge on any atom is -0.497 e. The Balaban J connectivity index is 0.00000128. The van der Waals surface area contributed by atoms with Gasteiger partial charge < -0.3 is 9.47 Å². The van der Waals surface area contributed by atoms with Crippen LogP contribution in [-0.4, -0.2) is 26.5 Å². The van der Waals surface area contributed by atoms with Gasteiger partial charge in [0.1, 0.15) is 12.0 Å². The Morgan fingerprint density at radius 1 is 1.50 bits per heavy atom. The molecule has 0 radical (unpaired) electrons. The lowest BCUT2D eigenvalue weighted by Gasteiger charge is -2.24. The lowest BCUT2D eigenvalue weighted by atomic mass is 10.1. The average molecular weight is 244 g/mol. The van der Waals surface area contributed by atoms with Crippen molar-refractivity contribution in [2.75, 3.05) is 20.3 Å². The molecule has 0 bridgehead atoms. The first-order valence-electron chi connectivity index (χ1n) is 5.36. The van der Waals surface area contributed by atoms with Crippen LogP contribution in [0.3, 0.4) is 0 Å². The van der Waals surface area contributed by atoms with Crippen LogP contribution in [0.5, 0.6) is 5.75 Å². The Hall–Kier alpha value is -0.770. The van der Waals surface area contributed by atoms with Crippen molar-refractivity contribution in [1.82, 2.24) is 5.32 Å². The van der Waals surface area contributed by atoms with E-state index >= 15 is 0 Å². The number of methoxy groups -OCH3 is 1. The van der Waals surface area contributed by atoms with Gasteiger partial charge in [-0.1, -0.05) is 12.1 Å². The van der Waals surface area contributed by atoms with Crippen LogP contribution in [0, 0.1) is 0 Å². The lowest BCUT2D eigenvalue weighted by Crippen LogP contribution is -2.39. The van der Waals surface area contributed by atoms with E-state index in [9.17, 15) is 0 Å². The van der Waals surface area contributed by atoms with E-state index in [0.717, 1.165) is 31.7 Å². The Labute approximate surface area is 103 Å². The summed E-state index contributed by atoms with van der Waals surface area (Å²) in [6, 6.07) is 8.12. The zero-order chi connectivity index (χ0) is 10.5. The summed E-state index contributed by atoms with van der Waals surface area (Å²) in [5.41, 5.74) is 1.24. The summed E-state index contributed by atoms with van der Waals surface area (Å²) in [5.74, 6) is 0.906. The summed E-state index contributed by atoms with van der Waals surface area (Å²) < 4.78 is 10.8. The van der Waals surface area contributed by atoms with E-state index in [1.807, 2.05) is 12.1 Å². The van der Waals surface area contributed by atoms with Crippen LogP contribution in [0.4, 0.5) is 0 Å². The molecule has 4 heteroatoms. The van der Waals surface area contributed by atoms with E-state index in [0.29, 0.717) is 0 Å². The Morgan fingerprint density at radius 3 is 3.06 bits per heavy atom. The molecule has 0 aromatic heterocycles. The maximum atomic E-state index is 5.60. The van der Waals surface area contributed by atoms with E-state index in [4.69, 9.17) is 9.47 Å². The molecule has 1 N–H and O–H groups in total. The molecule has 1 atom stereocenters. The van der Waals surface area contributed by atoms with E-state index in [1.54, 1.807) is 7.11 Å². The minimum absolute atomic E-state index is 0. The Bertz CT molecular complexity index is 314. The molecule has 0 aliphatic carbocycles. The summed E-state index contributed by atoms with van der Waals surface area (Å²) >= 11 is 0. The molecule has 1 saturated heterocycles. The van der Waals surface area contributed by atoms with Crippen molar-refractivity contribution in [3.63, 3.8) is 0 Å². The number of hydrogen-bond donors (Lipinski definition) is 1. The second-order valence-corrected chi connectivity index (χ2v) is 3.72. The molecule has 1 heterocycles. The summed E-state index contributed by atoms with van der Waals surface area (Å²) in [6.45, 7) is 1.91. The molecule has 1 unspecified atom stereocenters. The molecule has 3 nitrogen and oxygen atoms in total. The van der Waals surface area contributed by atoms with Gasteiger partial charge in [0, 0.05) is 13.0 Å². The fourth-order valence-electron chi connectivity index (χ4n) is 1.76. The molecular formula is C12H18ClNO2. The zero-order valence-corrected chi connectivity index (χ0v) is 10.3. The fourth-order valence-corrected chi connectivity index (χ4v) is 1.76. The predicted molar refractivity (Wildman–Crippen MR) is 66.3 cm³/mol. The lowest BCUT2D eigenvalue weighted by molar-refractivity contribution is 0.00193. The van der Waals surface area contributed by atoms with Crippen LogP contribution in [0.25, 0.3) is 0 Å². The predicted octanol–water partition coefficient (Wildman–Crippen LogP) is 2.00. The number of ether oxygens (including phenoxy) is 2. The highest BCUT2D eigenvalue weighted by molar-refractivity contribution is 5.85. The van der Waals surface area contributed by atoms with Gasteiger partial charge in [0.15, 0.2) is 0 Å². The van der Waals surface area contributed by atoms with Gasteiger partial charge in [-0.25, -0.2) is 0 Å². The molecule has 16 heavy (non-hydrogen) atoms. The number of nitrogens with one attached hydrogen (secondary N) is 1. The third-order valence-electron chi connectivity index (χ3n) is 2.57. The minimum atomic E-state index is 0. The highest BCUT2D eigenvalue weighted by atomic mass is 35.5. The smallest absolute Gasteiger partial charge is 0.119 e. The highest BCUT2D eigenvalue weighted by Crippen LogP contribution is 2.15. The number of benzene rings is 1. The first-order chi connectivity index (χ1) is 7.38. The fraction of sp³-hybridized carbons (Fsp3) is 0.500. The summed E-state index contributed by atoms with van der Waals surface area (Å²) in [5, 5.41) is 3.34. The van der Waals surface area contributed by atoms with Gasteiger partial charge in [-0.2, -0.15) is 0 Å². The highest BCUT2D eigenvalue weighted by Gasteiger charge is 2.13. The molecule has 0 saturated carbocycles. The van der Waals surface area contributed by atoms with Gasteiger partial charge in [0.05, 0.1) is 7.11 Å². The normalized spacial score (nSPS) is 19.9. The van der Waals surface area contributed by atoms with Gasteiger partial charge in [-0.3, -0.25) is 5.32 Å². The molecule has 1 aromatic rings. The second-order valence-electron chi connectivity index (χ2n) is 3.72. The van der Waals surface area contributed by atoms with Crippen molar-refractivity contribution in [1.29, 1.82) is 0 Å². The second kappa shape index (κ2) is 6.74. The molecule has 1 aliphatic rings. The van der Waals surface area contributed by atoms with Crippen molar-refractivity contribution in [2.45, 2.75) is 19.1 Å². The molecule has 1 aliphatic heterocycles. The van der Waals surface area contributed by atoms with Crippen LogP contribution in [0.2, 0.25) is 0 Å². The van der Waals surface area contributed by atoms with Crippen LogP contribution >= 0.6 is 12.4 Å². The number of hydrogen-bond acceptors (Lipinski definition) is 3. The van der Waals surface area contributed by atoms with Crippen LogP contribution in [-0.2, 0) is 11.2 Å². The maximum absolute atomic E-state index is 5.60. The molecule has 1 aromatic carbocycles. The van der Waals surface area contributed by atoms with Crippen LogP contribution in [0.1, 0.15) is 12.0 Å². The molecule has 2 rings (SSSR count). The van der Waals surface area contributed by atoms with E-state index in [1.165, 1.54) is 5.56 Å². The van der Waals surface area contributed by atoms with Crippen molar-refractivity contribution in [3.05, 3.63) is 29.8 Å².